The second kappa shape index (κ2) is 6.10. The van der Waals surface area contributed by atoms with Crippen molar-refractivity contribution in [1.82, 2.24) is 4.90 Å². The molecule has 0 aromatic heterocycles. The average Bonchev–Trinajstić information content (AvgIpc) is 2.81. The fourth-order valence-electron chi connectivity index (χ4n) is 3.33. The molecule has 1 saturated heterocycles. The molecule has 0 aliphatic carbocycles. The van der Waals surface area contributed by atoms with E-state index in [1.165, 1.54) is 35.2 Å². The first-order valence-corrected chi connectivity index (χ1v) is 8.27. The molecule has 0 radical (unpaired) electrons. The van der Waals surface area contributed by atoms with Gasteiger partial charge in [-0.3, -0.25) is 4.90 Å². The Morgan fingerprint density at radius 2 is 1.81 bits per heavy atom. The zero-order valence-electron chi connectivity index (χ0n) is 14.7. The van der Waals surface area contributed by atoms with Crippen LogP contribution in [0.25, 0.3) is 0 Å². The van der Waals surface area contributed by atoms with E-state index in [4.69, 9.17) is 5.73 Å². The van der Waals surface area contributed by atoms with Crippen LogP contribution in [-0.2, 0) is 12.0 Å². The van der Waals surface area contributed by atoms with Gasteiger partial charge in [0.1, 0.15) is 0 Å². The van der Waals surface area contributed by atoms with Crippen molar-refractivity contribution < 1.29 is 0 Å². The Balaban J connectivity index is 2.15. The predicted octanol–water partition coefficient (Wildman–Crippen LogP) is 3.77. The van der Waals surface area contributed by atoms with E-state index in [1.54, 1.807) is 0 Å². The molecule has 1 aliphatic heterocycles. The summed E-state index contributed by atoms with van der Waals surface area (Å²) in [6, 6.07) is 5.07. The van der Waals surface area contributed by atoms with Gasteiger partial charge in [-0.15, -0.1) is 0 Å². The molecule has 1 heterocycles. The smallest absolute Gasteiger partial charge is 0.0239 e. The van der Waals surface area contributed by atoms with Gasteiger partial charge in [-0.1, -0.05) is 32.9 Å². The van der Waals surface area contributed by atoms with Gasteiger partial charge in [-0.25, -0.2) is 0 Å². The molecule has 2 unspecified atom stereocenters. The number of rotatable bonds is 3. The second-order valence-electron chi connectivity index (χ2n) is 7.98. The van der Waals surface area contributed by atoms with Gasteiger partial charge in [0.05, 0.1) is 0 Å². The molecule has 1 aliphatic rings. The monoisotopic (exact) mass is 288 g/mol. The molecule has 0 spiro atoms. The van der Waals surface area contributed by atoms with Gasteiger partial charge in [-0.05, 0) is 67.3 Å². The lowest BCUT2D eigenvalue weighted by Gasteiger charge is -2.24. The SMILES string of the molecule is Cc1cc(C(C)(C)C)cc(C)c1CN1CCC(C(C)N)C1. The molecule has 0 saturated carbocycles. The summed E-state index contributed by atoms with van der Waals surface area (Å²) in [4.78, 5) is 2.57. The van der Waals surface area contributed by atoms with Gasteiger partial charge in [0, 0.05) is 19.1 Å². The van der Waals surface area contributed by atoms with E-state index >= 15 is 0 Å². The minimum absolute atomic E-state index is 0.224. The minimum atomic E-state index is 0.224. The van der Waals surface area contributed by atoms with Gasteiger partial charge in [0.2, 0.25) is 0 Å². The highest BCUT2D eigenvalue weighted by Crippen LogP contribution is 2.29. The van der Waals surface area contributed by atoms with E-state index in [1.807, 2.05) is 0 Å². The average molecular weight is 288 g/mol. The summed E-state index contributed by atoms with van der Waals surface area (Å²) in [6.07, 6.45) is 1.25. The van der Waals surface area contributed by atoms with Crippen LogP contribution in [0.5, 0.6) is 0 Å². The Kier molecular flexibility index (Phi) is 4.79. The first-order chi connectivity index (χ1) is 9.68. The number of likely N-dealkylation sites (tertiary alicyclic amines) is 1. The molecule has 21 heavy (non-hydrogen) atoms. The molecule has 0 bridgehead atoms. The third-order valence-electron chi connectivity index (χ3n) is 5.00. The molecule has 2 rings (SSSR count). The van der Waals surface area contributed by atoms with Crippen molar-refractivity contribution in [2.24, 2.45) is 11.7 Å². The molecule has 1 fully saturated rings. The van der Waals surface area contributed by atoms with Crippen molar-refractivity contribution >= 4 is 0 Å². The summed E-state index contributed by atoms with van der Waals surface area (Å²) >= 11 is 0. The van der Waals surface area contributed by atoms with Crippen LogP contribution in [0.2, 0.25) is 0 Å². The number of benzene rings is 1. The highest BCUT2D eigenvalue weighted by Gasteiger charge is 2.26. The summed E-state index contributed by atoms with van der Waals surface area (Å²) in [7, 11) is 0. The summed E-state index contributed by atoms with van der Waals surface area (Å²) in [5.74, 6) is 0.666. The first-order valence-electron chi connectivity index (χ1n) is 8.27. The maximum Gasteiger partial charge on any atom is 0.0239 e. The molecule has 1 aromatic carbocycles. The van der Waals surface area contributed by atoms with Crippen LogP contribution in [0.1, 0.15) is 56.4 Å². The Morgan fingerprint density at radius 3 is 2.24 bits per heavy atom. The van der Waals surface area contributed by atoms with E-state index in [0.29, 0.717) is 12.0 Å². The fraction of sp³-hybridized carbons (Fsp3) is 0.684. The highest BCUT2D eigenvalue weighted by atomic mass is 15.1. The maximum absolute atomic E-state index is 6.05. The predicted molar refractivity (Wildman–Crippen MR) is 91.6 cm³/mol. The molecule has 0 amide bonds. The van der Waals surface area contributed by atoms with Crippen LogP contribution < -0.4 is 5.73 Å². The Labute approximate surface area is 130 Å². The van der Waals surface area contributed by atoms with Crippen LogP contribution >= 0.6 is 0 Å². The first kappa shape index (κ1) is 16.5. The molecule has 118 valence electrons. The Morgan fingerprint density at radius 1 is 1.24 bits per heavy atom. The minimum Gasteiger partial charge on any atom is -0.328 e. The van der Waals surface area contributed by atoms with Crippen LogP contribution in [0, 0.1) is 19.8 Å². The number of aryl methyl sites for hydroxylation is 2. The normalized spacial score (nSPS) is 21.8. The number of nitrogens with two attached hydrogens (primary N) is 1. The molecular weight excluding hydrogens is 256 g/mol. The van der Waals surface area contributed by atoms with Crippen LogP contribution in [0.15, 0.2) is 12.1 Å². The zero-order valence-corrected chi connectivity index (χ0v) is 14.7. The van der Waals surface area contributed by atoms with Crippen molar-refractivity contribution in [3.63, 3.8) is 0 Å². The van der Waals surface area contributed by atoms with Gasteiger partial charge in [0.25, 0.3) is 0 Å². The second-order valence-corrected chi connectivity index (χ2v) is 7.98. The topological polar surface area (TPSA) is 29.3 Å². The van der Waals surface area contributed by atoms with E-state index < -0.39 is 0 Å². The van der Waals surface area contributed by atoms with E-state index in [9.17, 15) is 0 Å². The fourth-order valence-corrected chi connectivity index (χ4v) is 3.33. The number of hydrogen-bond donors (Lipinski definition) is 1. The van der Waals surface area contributed by atoms with Crippen molar-refractivity contribution in [3.05, 3.63) is 34.4 Å². The van der Waals surface area contributed by atoms with Crippen molar-refractivity contribution in [1.29, 1.82) is 0 Å². The van der Waals surface area contributed by atoms with Gasteiger partial charge < -0.3 is 5.73 Å². The highest BCUT2D eigenvalue weighted by molar-refractivity contribution is 5.40. The summed E-state index contributed by atoms with van der Waals surface area (Å²) in [6.45, 7) is 16.9. The third kappa shape index (κ3) is 3.87. The van der Waals surface area contributed by atoms with E-state index in [0.717, 1.165) is 13.1 Å². The molecule has 2 nitrogen and oxygen atoms in total. The van der Waals surface area contributed by atoms with Crippen molar-refractivity contribution in [3.8, 4) is 0 Å². The molecule has 2 atom stereocenters. The lowest BCUT2D eigenvalue weighted by molar-refractivity contribution is 0.307. The van der Waals surface area contributed by atoms with Crippen LogP contribution in [0.3, 0.4) is 0 Å². The summed E-state index contributed by atoms with van der Waals surface area (Å²) < 4.78 is 0. The van der Waals surface area contributed by atoms with Gasteiger partial charge in [0.15, 0.2) is 0 Å². The standard InChI is InChI=1S/C19H32N2/c1-13-9-17(19(4,5)6)10-14(2)18(13)12-21-8-7-16(11-21)15(3)20/h9-10,15-16H,7-8,11-12,20H2,1-6H3. The summed E-state index contributed by atoms with van der Waals surface area (Å²) in [5.41, 5.74) is 12.1. The van der Waals surface area contributed by atoms with Crippen molar-refractivity contribution in [2.45, 2.75) is 66.0 Å². The number of hydrogen-bond acceptors (Lipinski definition) is 2. The maximum atomic E-state index is 6.05. The molecule has 2 heteroatoms. The lowest BCUT2D eigenvalue weighted by atomic mass is 9.84. The van der Waals surface area contributed by atoms with Gasteiger partial charge in [-0.2, -0.15) is 0 Å². The number of nitrogens with zero attached hydrogens (tertiary/aromatic N) is 1. The summed E-state index contributed by atoms with van der Waals surface area (Å²) in [5, 5.41) is 0. The van der Waals surface area contributed by atoms with Crippen LogP contribution in [-0.4, -0.2) is 24.0 Å². The Bertz CT molecular complexity index is 474. The van der Waals surface area contributed by atoms with Crippen molar-refractivity contribution in [2.75, 3.05) is 13.1 Å². The Hall–Kier alpha value is -0.860. The van der Waals surface area contributed by atoms with Crippen LogP contribution in [0.4, 0.5) is 0 Å². The quantitative estimate of drug-likeness (QED) is 0.917. The zero-order chi connectivity index (χ0) is 15.8. The lowest BCUT2D eigenvalue weighted by Crippen LogP contribution is -2.29. The largest absolute Gasteiger partial charge is 0.328 e. The van der Waals surface area contributed by atoms with E-state index in [-0.39, 0.29) is 5.41 Å². The molecule has 2 N–H and O–H groups in total. The van der Waals surface area contributed by atoms with E-state index in [2.05, 4.69) is 58.6 Å². The molecule has 1 aromatic rings. The third-order valence-corrected chi connectivity index (χ3v) is 5.00. The van der Waals surface area contributed by atoms with Gasteiger partial charge >= 0.3 is 0 Å². The molecular formula is C19H32N2.